The van der Waals surface area contributed by atoms with Crippen molar-refractivity contribution in [3.05, 3.63) is 46.4 Å². The molecule has 0 saturated carbocycles. The fourth-order valence-electron chi connectivity index (χ4n) is 3.23. The van der Waals surface area contributed by atoms with Crippen molar-refractivity contribution in [1.82, 2.24) is 4.98 Å². The van der Waals surface area contributed by atoms with Crippen molar-refractivity contribution in [2.24, 2.45) is 5.73 Å². The van der Waals surface area contributed by atoms with Crippen LogP contribution in [0.5, 0.6) is 11.8 Å². The fraction of sp³-hybridized carbons (Fsp3) is 0.400. The third-order valence-electron chi connectivity index (χ3n) is 4.33. The Balaban J connectivity index is 2.12. The summed E-state index contributed by atoms with van der Waals surface area (Å²) in [6.07, 6.45) is 2.06. The summed E-state index contributed by atoms with van der Waals surface area (Å²) >= 11 is 0. The number of aromatic nitrogens is 1. The number of allylic oxidation sites excluding steroid dienone is 1. The van der Waals surface area contributed by atoms with E-state index in [1.807, 2.05) is 26.0 Å². The van der Waals surface area contributed by atoms with Gasteiger partial charge in [-0.1, -0.05) is 25.5 Å². The molecule has 1 aliphatic heterocycles. The Morgan fingerprint density at radius 3 is 2.81 bits per heavy atom. The highest BCUT2D eigenvalue weighted by atomic mass is 16.6. The molecule has 3 rings (SSSR count). The fourth-order valence-corrected chi connectivity index (χ4v) is 3.23. The van der Waals surface area contributed by atoms with E-state index in [-0.39, 0.29) is 18.0 Å². The first-order chi connectivity index (χ1) is 13.0. The molecule has 27 heavy (non-hydrogen) atoms. The molecule has 1 atom stereocenters. The maximum absolute atomic E-state index is 9.69. The van der Waals surface area contributed by atoms with Crippen molar-refractivity contribution in [1.29, 1.82) is 5.26 Å². The highest BCUT2D eigenvalue weighted by molar-refractivity contribution is 5.62. The van der Waals surface area contributed by atoms with Gasteiger partial charge in [0.15, 0.2) is 0 Å². The number of fused-ring (bicyclic) bond motifs is 1. The van der Waals surface area contributed by atoms with Crippen LogP contribution in [0.3, 0.4) is 0 Å². The average Bonchev–Trinajstić information content (AvgIpc) is 3.04. The molecule has 142 valence electrons. The van der Waals surface area contributed by atoms with E-state index in [0.29, 0.717) is 17.2 Å². The van der Waals surface area contributed by atoms with Gasteiger partial charge in [0.2, 0.25) is 5.88 Å². The minimum Gasteiger partial charge on any atom is -0.491 e. The lowest BCUT2D eigenvalue weighted by Crippen LogP contribution is -2.22. The molecular weight excluding hydrogens is 344 g/mol. The summed E-state index contributed by atoms with van der Waals surface area (Å²) in [5, 5.41) is 12.6. The van der Waals surface area contributed by atoms with Crippen molar-refractivity contribution < 1.29 is 13.9 Å². The molecular formula is C20H24N4O3. The van der Waals surface area contributed by atoms with Crippen molar-refractivity contribution in [3.8, 4) is 17.9 Å². The molecule has 0 radical (unpaired) electrons. The Morgan fingerprint density at radius 2 is 2.19 bits per heavy atom. The first-order valence-corrected chi connectivity index (χ1v) is 8.99. The third kappa shape index (κ3) is 3.56. The first kappa shape index (κ1) is 18.6. The molecule has 1 aliphatic rings. The van der Waals surface area contributed by atoms with Crippen LogP contribution in [-0.4, -0.2) is 18.2 Å². The van der Waals surface area contributed by atoms with E-state index in [4.69, 9.17) is 19.6 Å². The number of nitrogens with one attached hydrogen (secondary N) is 1. The molecule has 0 saturated heterocycles. The summed E-state index contributed by atoms with van der Waals surface area (Å²) in [4.78, 5) is 4.38. The van der Waals surface area contributed by atoms with Gasteiger partial charge >= 0.3 is 6.08 Å². The average molecular weight is 368 g/mol. The Labute approximate surface area is 158 Å². The quantitative estimate of drug-likeness (QED) is 0.801. The van der Waals surface area contributed by atoms with Crippen LogP contribution < -0.4 is 20.5 Å². The van der Waals surface area contributed by atoms with Crippen molar-refractivity contribution in [2.45, 2.75) is 45.6 Å². The van der Waals surface area contributed by atoms with E-state index in [9.17, 15) is 5.26 Å². The van der Waals surface area contributed by atoms with E-state index >= 15 is 0 Å². The second kappa shape index (κ2) is 7.62. The number of hydrogen-bond acceptors (Lipinski definition) is 7. The van der Waals surface area contributed by atoms with E-state index in [1.165, 1.54) is 7.11 Å². The summed E-state index contributed by atoms with van der Waals surface area (Å²) in [7, 11) is 1.48. The number of hydrogen-bond donors (Lipinski definition) is 2. The number of aryl methyl sites for hydroxylation is 1. The minimum absolute atomic E-state index is 0.0851. The number of methoxy groups -OCH3 is 1. The Hall–Kier alpha value is -3.14. The molecule has 0 unspecified atom stereocenters. The van der Waals surface area contributed by atoms with Gasteiger partial charge in [-0.3, -0.25) is 0 Å². The predicted molar refractivity (Wildman–Crippen MR) is 102 cm³/mol. The lowest BCUT2D eigenvalue weighted by Gasteiger charge is -2.23. The van der Waals surface area contributed by atoms with Crippen LogP contribution in [0.1, 0.15) is 49.9 Å². The Bertz CT molecular complexity index is 908. The van der Waals surface area contributed by atoms with Gasteiger partial charge in [-0.2, -0.15) is 10.2 Å². The zero-order chi connectivity index (χ0) is 19.6. The zero-order valence-electron chi connectivity index (χ0n) is 16.0. The largest absolute Gasteiger partial charge is 0.491 e. The lowest BCUT2D eigenvalue weighted by atomic mass is 9.85. The maximum Gasteiger partial charge on any atom is 0.395 e. The standard InChI is InChI=1S/C20H24N4O3/c1-5-6-12-9-13(7-8-15(12)26-11(2)3)16-14(10-21)18(22)24-19-17(16)23-20(25-4)27-19/h7-9,11,16,24H,5-6,22H2,1-4H3/t16-/m0/s1. The number of nitrogens with two attached hydrogens (primary N) is 1. The van der Waals surface area contributed by atoms with Crippen molar-refractivity contribution in [2.75, 3.05) is 12.4 Å². The molecule has 0 aliphatic carbocycles. The van der Waals surface area contributed by atoms with Gasteiger partial charge in [0.1, 0.15) is 17.3 Å². The van der Waals surface area contributed by atoms with E-state index in [2.05, 4.69) is 29.4 Å². The third-order valence-corrected chi connectivity index (χ3v) is 4.33. The molecule has 2 heterocycles. The van der Waals surface area contributed by atoms with Gasteiger partial charge < -0.3 is 24.9 Å². The molecule has 7 nitrogen and oxygen atoms in total. The summed E-state index contributed by atoms with van der Waals surface area (Å²) in [6, 6.07) is 8.17. The highest BCUT2D eigenvalue weighted by Crippen LogP contribution is 2.42. The number of ether oxygens (including phenoxy) is 2. The summed E-state index contributed by atoms with van der Waals surface area (Å²) in [6.45, 7) is 6.12. The van der Waals surface area contributed by atoms with E-state index in [1.54, 1.807) is 0 Å². The van der Waals surface area contributed by atoms with Gasteiger partial charge in [0.05, 0.1) is 30.8 Å². The monoisotopic (exact) mass is 368 g/mol. The number of rotatable bonds is 6. The van der Waals surface area contributed by atoms with Crippen molar-refractivity contribution in [3.63, 3.8) is 0 Å². The molecule has 2 aromatic rings. The van der Waals surface area contributed by atoms with Crippen LogP contribution >= 0.6 is 0 Å². The number of anilines is 1. The molecule has 7 heteroatoms. The first-order valence-electron chi connectivity index (χ1n) is 8.99. The summed E-state index contributed by atoms with van der Waals surface area (Å²) in [5.41, 5.74) is 9.05. The van der Waals surface area contributed by atoms with Crippen LogP contribution in [0.25, 0.3) is 0 Å². The van der Waals surface area contributed by atoms with Crippen LogP contribution in [-0.2, 0) is 6.42 Å². The smallest absolute Gasteiger partial charge is 0.395 e. The van der Waals surface area contributed by atoms with Crippen LogP contribution in [0.4, 0.5) is 5.88 Å². The van der Waals surface area contributed by atoms with Gasteiger partial charge in [0.25, 0.3) is 0 Å². The number of benzene rings is 1. The molecule has 1 aromatic heterocycles. The lowest BCUT2D eigenvalue weighted by molar-refractivity contribution is 0.240. The number of oxazole rings is 1. The molecule has 3 N–H and O–H groups in total. The molecule has 0 amide bonds. The minimum atomic E-state index is -0.428. The van der Waals surface area contributed by atoms with Gasteiger partial charge in [-0.25, -0.2) is 0 Å². The molecule has 0 fully saturated rings. The van der Waals surface area contributed by atoms with Crippen LogP contribution in [0.2, 0.25) is 0 Å². The van der Waals surface area contributed by atoms with Crippen LogP contribution in [0, 0.1) is 11.3 Å². The Morgan fingerprint density at radius 1 is 1.41 bits per heavy atom. The van der Waals surface area contributed by atoms with Crippen molar-refractivity contribution >= 4 is 5.88 Å². The maximum atomic E-state index is 9.69. The number of nitrogens with zero attached hydrogens (tertiary/aromatic N) is 2. The molecule has 0 spiro atoms. The van der Waals surface area contributed by atoms with Gasteiger partial charge in [0, 0.05) is 0 Å². The molecule has 0 bridgehead atoms. The second-order valence-corrected chi connectivity index (χ2v) is 6.68. The van der Waals surface area contributed by atoms with Gasteiger partial charge in [-0.05, 0) is 37.5 Å². The topological polar surface area (TPSA) is 106 Å². The van der Waals surface area contributed by atoms with E-state index < -0.39 is 5.92 Å². The summed E-state index contributed by atoms with van der Waals surface area (Å²) < 4.78 is 16.6. The molecule has 1 aromatic carbocycles. The highest BCUT2D eigenvalue weighted by Gasteiger charge is 2.34. The SMILES string of the molecule is CCCc1cc([C@H]2C(C#N)=C(N)Nc3oc(OC)nc32)ccc1OC(C)C. The van der Waals surface area contributed by atoms with Crippen LogP contribution in [0.15, 0.2) is 34.0 Å². The van der Waals surface area contributed by atoms with E-state index in [0.717, 1.165) is 29.7 Å². The second-order valence-electron chi connectivity index (χ2n) is 6.68. The Kier molecular flexibility index (Phi) is 5.26. The van der Waals surface area contributed by atoms with Gasteiger partial charge in [-0.15, -0.1) is 0 Å². The normalized spacial score (nSPS) is 15.9. The number of nitriles is 1. The zero-order valence-corrected chi connectivity index (χ0v) is 16.0. The predicted octanol–water partition coefficient (Wildman–Crippen LogP) is 3.67. The summed E-state index contributed by atoms with van der Waals surface area (Å²) in [5.74, 6) is 1.09.